The Hall–Kier alpha value is -2.02. The van der Waals surface area contributed by atoms with Crippen LogP contribution in [-0.4, -0.2) is 24.1 Å². The molecular weight excluding hydrogens is 412 g/mol. The van der Waals surface area contributed by atoms with Crippen LogP contribution in [0, 0.1) is 0 Å². The van der Waals surface area contributed by atoms with Crippen LogP contribution in [0.3, 0.4) is 0 Å². The summed E-state index contributed by atoms with van der Waals surface area (Å²) >= 11 is 4.90. The fourth-order valence-corrected chi connectivity index (χ4v) is 3.57. The van der Waals surface area contributed by atoms with Gasteiger partial charge in [-0.2, -0.15) is 0 Å². The molecule has 3 rings (SSSR count). The Morgan fingerprint density at radius 1 is 1.19 bits per heavy atom. The molecule has 134 valence electrons. The van der Waals surface area contributed by atoms with Crippen LogP contribution in [0.4, 0.5) is 5.13 Å². The molecule has 2 aromatic carbocycles. The van der Waals surface area contributed by atoms with Gasteiger partial charge in [-0.15, -0.1) is 11.3 Å². The van der Waals surface area contributed by atoms with Gasteiger partial charge >= 0.3 is 0 Å². The van der Waals surface area contributed by atoms with E-state index in [1.165, 1.54) is 11.3 Å². The van der Waals surface area contributed by atoms with Crippen molar-refractivity contribution in [3.8, 4) is 11.3 Å². The quantitative estimate of drug-likeness (QED) is 0.543. The number of ether oxygens (including phenoxy) is 1. The van der Waals surface area contributed by atoms with Crippen molar-refractivity contribution in [2.75, 3.05) is 12.0 Å². The minimum absolute atomic E-state index is 0.104. The summed E-state index contributed by atoms with van der Waals surface area (Å²) in [6, 6.07) is 17.9. The van der Waals surface area contributed by atoms with Gasteiger partial charge in [-0.1, -0.05) is 58.4 Å². The summed E-state index contributed by atoms with van der Waals surface area (Å²) in [6.07, 6.45) is -0.529. The van der Waals surface area contributed by atoms with Crippen molar-refractivity contribution in [3.05, 3.63) is 70.0 Å². The van der Waals surface area contributed by atoms with Gasteiger partial charge in [0.1, 0.15) is 6.10 Å². The number of benzene rings is 2. The van der Waals surface area contributed by atoms with Crippen LogP contribution in [0.5, 0.6) is 0 Å². The highest BCUT2D eigenvalue weighted by Crippen LogP contribution is 2.29. The number of aromatic nitrogens is 1. The van der Waals surface area contributed by atoms with Crippen molar-refractivity contribution in [1.82, 2.24) is 4.98 Å². The fraction of sp³-hybridized carbons (Fsp3) is 0.200. The predicted molar refractivity (Wildman–Crippen MR) is 109 cm³/mol. The van der Waals surface area contributed by atoms with Crippen molar-refractivity contribution in [2.45, 2.75) is 19.6 Å². The molecule has 26 heavy (non-hydrogen) atoms. The van der Waals surface area contributed by atoms with E-state index in [1.807, 2.05) is 60.0 Å². The van der Waals surface area contributed by atoms with Crippen LogP contribution in [-0.2, 0) is 16.1 Å². The standard InChI is InChI=1S/C20H19BrN2O2S/c1-14(25-2)19(24)23(12-15-6-4-3-5-7-15)20-22-18(13-26-20)16-8-10-17(21)11-9-16/h3-11,13-14H,12H2,1-2H3/t14-/m0/s1. The monoisotopic (exact) mass is 430 g/mol. The van der Waals surface area contributed by atoms with Crippen LogP contribution in [0.25, 0.3) is 11.3 Å². The minimum Gasteiger partial charge on any atom is -0.372 e. The number of carbonyl (C=O) groups is 1. The number of rotatable bonds is 6. The number of thiazole rings is 1. The van der Waals surface area contributed by atoms with Crippen LogP contribution < -0.4 is 4.90 Å². The lowest BCUT2D eigenvalue weighted by atomic mass is 10.2. The normalized spacial score (nSPS) is 12.0. The summed E-state index contributed by atoms with van der Waals surface area (Å²) in [5, 5.41) is 2.64. The fourth-order valence-electron chi connectivity index (χ4n) is 2.47. The Balaban J connectivity index is 1.91. The number of hydrogen-bond acceptors (Lipinski definition) is 4. The molecule has 0 spiro atoms. The summed E-state index contributed by atoms with van der Waals surface area (Å²) in [7, 11) is 1.54. The van der Waals surface area contributed by atoms with Crippen molar-refractivity contribution in [1.29, 1.82) is 0 Å². The third-order valence-electron chi connectivity index (χ3n) is 4.01. The highest BCUT2D eigenvalue weighted by atomic mass is 79.9. The van der Waals surface area contributed by atoms with Crippen LogP contribution >= 0.6 is 27.3 Å². The van der Waals surface area contributed by atoms with Gasteiger partial charge < -0.3 is 4.74 Å². The van der Waals surface area contributed by atoms with Crippen LogP contribution in [0.1, 0.15) is 12.5 Å². The Kier molecular flexibility index (Phi) is 6.19. The van der Waals surface area contributed by atoms with Gasteiger partial charge in [-0.25, -0.2) is 4.98 Å². The third kappa shape index (κ3) is 4.38. The first-order chi connectivity index (χ1) is 12.6. The zero-order valence-electron chi connectivity index (χ0n) is 14.6. The second-order valence-electron chi connectivity index (χ2n) is 5.81. The minimum atomic E-state index is -0.529. The number of anilines is 1. The average Bonchev–Trinajstić information content (AvgIpc) is 3.16. The first kappa shape index (κ1) is 18.8. The van der Waals surface area contributed by atoms with Gasteiger partial charge in [0.15, 0.2) is 5.13 Å². The number of amides is 1. The number of methoxy groups -OCH3 is 1. The van der Waals surface area contributed by atoms with Gasteiger partial charge in [0.25, 0.3) is 5.91 Å². The summed E-state index contributed by atoms with van der Waals surface area (Å²) in [5.74, 6) is -0.104. The Bertz CT molecular complexity index is 865. The summed E-state index contributed by atoms with van der Waals surface area (Å²) in [5.41, 5.74) is 2.92. The third-order valence-corrected chi connectivity index (χ3v) is 5.41. The van der Waals surface area contributed by atoms with Crippen LogP contribution in [0.15, 0.2) is 64.5 Å². The van der Waals surface area contributed by atoms with Crippen molar-refractivity contribution < 1.29 is 9.53 Å². The SMILES string of the molecule is CO[C@@H](C)C(=O)N(Cc1ccccc1)c1nc(-c2ccc(Br)cc2)cs1. The summed E-state index contributed by atoms with van der Waals surface area (Å²) in [4.78, 5) is 19.2. The van der Waals surface area contributed by atoms with E-state index in [-0.39, 0.29) is 5.91 Å². The van der Waals surface area contributed by atoms with E-state index < -0.39 is 6.10 Å². The molecular formula is C20H19BrN2O2S. The van der Waals surface area contributed by atoms with E-state index >= 15 is 0 Å². The van der Waals surface area contributed by atoms with Gasteiger partial charge in [0.05, 0.1) is 12.2 Å². The summed E-state index contributed by atoms with van der Waals surface area (Å²) in [6.45, 7) is 2.21. The van der Waals surface area contributed by atoms with Crippen LogP contribution in [0.2, 0.25) is 0 Å². The molecule has 0 unspecified atom stereocenters. The van der Waals surface area contributed by atoms with E-state index in [9.17, 15) is 4.79 Å². The number of halogens is 1. The molecule has 3 aromatic rings. The Morgan fingerprint density at radius 2 is 1.88 bits per heavy atom. The molecule has 0 saturated heterocycles. The highest BCUT2D eigenvalue weighted by Gasteiger charge is 2.24. The topological polar surface area (TPSA) is 42.4 Å². The van der Waals surface area contributed by atoms with E-state index in [2.05, 4.69) is 15.9 Å². The Morgan fingerprint density at radius 3 is 2.54 bits per heavy atom. The molecule has 1 heterocycles. The molecule has 0 N–H and O–H groups in total. The van der Waals surface area contributed by atoms with Gasteiger partial charge in [0, 0.05) is 22.5 Å². The largest absolute Gasteiger partial charge is 0.372 e. The van der Waals surface area contributed by atoms with Gasteiger partial charge in [-0.3, -0.25) is 9.69 Å². The van der Waals surface area contributed by atoms with E-state index in [0.29, 0.717) is 11.7 Å². The second kappa shape index (κ2) is 8.58. The number of hydrogen-bond donors (Lipinski definition) is 0. The maximum atomic E-state index is 12.8. The lowest BCUT2D eigenvalue weighted by Gasteiger charge is -2.23. The van der Waals surface area contributed by atoms with Gasteiger partial charge in [-0.05, 0) is 24.6 Å². The smallest absolute Gasteiger partial charge is 0.257 e. The van der Waals surface area contributed by atoms with Crippen molar-refractivity contribution in [3.63, 3.8) is 0 Å². The lowest BCUT2D eigenvalue weighted by Crippen LogP contribution is -2.38. The molecule has 1 atom stereocenters. The summed E-state index contributed by atoms with van der Waals surface area (Å²) < 4.78 is 6.26. The highest BCUT2D eigenvalue weighted by molar-refractivity contribution is 9.10. The predicted octanol–water partition coefficient (Wildman–Crippen LogP) is 5.14. The number of nitrogens with zero attached hydrogens (tertiary/aromatic N) is 2. The number of carbonyl (C=O) groups excluding carboxylic acids is 1. The molecule has 0 bridgehead atoms. The zero-order chi connectivity index (χ0) is 18.5. The van der Waals surface area contributed by atoms with E-state index in [0.717, 1.165) is 21.3 Å². The first-order valence-electron chi connectivity index (χ1n) is 8.18. The lowest BCUT2D eigenvalue weighted by molar-refractivity contribution is -0.127. The molecule has 0 fully saturated rings. The van der Waals surface area contributed by atoms with Crippen molar-refractivity contribution in [2.24, 2.45) is 0 Å². The first-order valence-corrected chi connectivity index (χ1v) is 9.85. The van der Waals surface area contributed by atoms with E-state index in [1.54, 1.807) is 18.9 Å². The Labute approximate surface area is 165 Å². The van der Waals surface area contributed by atoms with E-state index in [4.69, 9.17) is 9.72 Å². The molecule has 0 saturated carbocycles. The molecule has 0 aliphatic heterocycles. The molecule has 1 amide bonds. The second-order valence-corrected chi connectivity index (χ2v) is 7.56. The maximum absolute atomic E-state index is 12.8. The maximum Gasteiger partial charge on any atom is 0.257 e. The molecule has 4 nitrogen and oxygen atoms in total. The average molecular weight is 431 g/mol. The molecule has 0 radical (unpaired) electrons. The molecule has 6 heteroatoms. The van der Waals surface area contributed by atoms with Gasteiger partial charge in [0.2, 0.25) is 0 Å². The molecule has 0 aliphatic carbocycles. The van der Waals surface area contributed by atoms with Crippen molar-refractivity contribution >= 4 is 38.3 Å². The molecule has 0 aliphatic rings. The zero-order valence-corrected chi connectivity index (χ0v) is 17.0. The molecule has 1 aromatic heterocycles.